The molecule has 0 bridgehead atoms. The second-order valence-corrected chi connectivity index (χ2v) is 4.62. The summed E-state index contributed by atoms with van der Waals surface area (Å²) in [6.07, 6.45) is 2.50. The Balaban J connectivity index is 2.06. The maximum Gasteiger partial charge on any atom is 0.315 e. The van der Waals surface area contributed by atoms with Crippen molar-refractivity contribution in [2.45, 2.75) is 51.6 Å². The highest BCUT2D eigenvalue weighted by molar-refractivity contribution is 5.74. The fourth-order valence-electron chi connectivity index (χ4n) is 1.59. The third-order valence-electron chi connectivity index (χ3n) is 2.83. The first-order chi connectivity index (χ1) is 7.49. The maximum absolute atomic E-state index is 11.4. The predicted molar refractivity (Wildman–Crippen MR) is 60.2 cm³/mol. The lowest BCUT2D eigenvalue weighted by atomic mass is 10.1. The second kappa shape index (κ2) is 5.72. The van der Waals surface area contributed by atoms with Crippen molar-refractivity contribution in [3.63, 3.8) is 0 Å². The number of carbonyl (C=O) groups excluding carboxylic acids is 1. The molecule has 0 aromatic rings. The number of carbonyl (C=O) groups is 2. The average molecular weight is 228 g/mol. The van der Waals surface area contributed by atoms with Gasteiger partial charge < -0.3 is 15.7 Å². The van der Waals surface area contributed by atoms with Crippen LogP contribution in [0, 0.1) is 5.92 Å². The van der Waals surface area contributed by atoms with E-state index < -0.39 is 5.97 Å². The van der Waals surface area contributed by atoms with E-state index in [1.807, 2.05) is 6.92 Å². The normalized spacial score (nSPS) is 24.6. The van der Waals surface area contributed by atoms with Crippen LogP contribution in [-0.4, -0.2) is 29.2 Å². The van der Waals surface area contributed by atoms with Gasteiger partial charge in [-0.3, -0.25) is 4.79 Å². The molecule has 3 unspecified atom stereocenters. The molecule has 5 heteroatoms. The number of hydrogen-bond acceptors (Lipinski definition) is 2. The molecule has 0 spiro atoms. The van der Waals surface area contributed by atoms with Crippen LogP contribution in [0.1, 0.15) is 39.5 Å². The Morgan fingerprint density at radius 1 is 1.50 bits per heavy atom. The Bertz CT molecular complexity index is 268. The zero-order valence-corrected chi connectivity index (χ0v) is 9.82. The highest BCUT2D eigenvalue weighted by Crippen LogP contribution is 2.28. The summed E-state index contributed by atoms with van der Waals surface area (Å²) in [7, 11) is 0. The largest absolute Gasteiger partial charge is 0.481 e. The van der Waals surface area contributed by atoms with Crippen LogP contribution >= 0.6 is 0 Å². The van der Waals surface area contributed by atoms with Gasteiger partial charge in [0, 0.05) is 18.5 Å². The van der Waals surface area contributed by atoms with Gasteiger partial charge in [0.2, 0.25) is 0 Å². The number of hydrogen-bond donors (Lipinski definition) is 3. The first-order valence-corrected chi connectivity index (χ1v) is 5.78. The number of carboxylic acids is 1. The molecule has 5 nitrogen and oxygen atoms in total. The summed E-state index contributed by atoms with van der Waals surface area (Å²) in [6, 6.07) is 0.205. The van der Waals surface area contributed by atoms with Gasteiger partial charge in [-0.05, 0) is 32.1 Å². The second-order valence-electron chi connectivity index (χ2n) is 4.62. The van der Waals surface area contributed by atoms with E-state index in [4.69, 9.17) is 5.11 Å². The number of rotatable bonds is 6. The molecule has 0 saturated heterocycles. The smallest absolute Gasteiger partial charge is 0.315 e. The van der Waals surface area contributed by atoms with E-state index in [0.29, 0.717) is 24.8 Å². The van der Waals surface area contributed by atoms with Crippen LogP contribution in [-0.2, 0) is 4.79 Å². The lowest BCUT2D eigenvalue weighted by molar-refractivity contribution is -0.137. The monoisotopic (exact) mass is 228 g/mol. The van der Waals surface area contributed by atoms with Crippen molar-refractivity contribution in [3.05, 3.63) is 0 Å². The van der Waals surface area contributed by atoms with E-state index in [0.717, 1.165) is 6.42 Å². The van der Waals surface area contributed by atoms with Crippen LogP contribution in [0.5, 0.6) is 0 Å². The summed E-state index contributed by atoms with van der Waals surface area (Å²) in [6.45, 7) is 3.99. The summed E-state index contributed by atoms with van der Waals surface area (Å²) in [5.74, 6) is -0.198. The van der Waals surface area contributed by atoms with Crippen LogP contribution in [0.3, 0.4) is 0 Å². The Labute approximate surface area is 95.6 Å². The van der Waals surface area contributed by atoms with Gasteiger partial charge in [0.15, 0.2) is 0 Å². The van der Waals surface area contributed by atoms with Crippen LogP contribution in [0.2, 0.25) is 0 Å². The number of urea groups is 1. The lowest BCUT2D eigenvalue weighted by Gasteiger charge is -2.13. The molecule has 2 amide bonds. The topological polar surface area (TPSA) is 78.4 Å². The molecule has 16 heavy (non-hydrogen) atoms. The highest BCUT2D eigenvalue weighted by atomic mass is 16.4. The number of nitrogens with one attached hydrogen (secondary N) is 2. The molecule has 0 heterocycles. The van der Waals surface area contributed by atoms with Crippen molar-refractivity contribution in [2.24, 2.45) is 5.92 Å². The van der Waals surface area contributed by atoms with Gasteiger partial charge in [-0.2, -0.15) is 0 Å². The zero-order valence-electron chi connectivity index (χ0n) is 9.82. The summed E-state index contributed by atoms with van der Waals surface area (Å²) in [5, 5.41) is 14.1. The minimum absolute atomic E-state index is 0.0217. The number of amides is 2. The van der Waals surface area contributed by atoms with Gasteiger partial charge in [0.05, 0.1) is 0 Å². The quantitative estimate of drug-likeness (QED) is 0.642. The molecular weight excluding hydrogens is 208 g/mol. The van der Waals surface area contributed by atoms with Crippen molar-refractivity contribution < 1.29 is 14.7 Å². The fraction of sp³-hybridized carbons (Fsp3) is 0.818. The van der Waals surface area contributed by atoms with Crippen LogP contribution < -0.4 is 10.6 Å². The SMILES string of the molecule is CC(CCCC(=O)O)NC(=O)NC1CC1C. The van der Waals surface area contributed by atoms with Crippen molar-refractivity contribution in [3.8, 4) is 0 Å². The zero-order chi connectivity index (χ0) is 12.1. The van der Waals surface area contributed by atoms with E-state index >= 15 is 0 Å². The first kappa shape index (κ1) is 12.8. The standard InChI is InChI=1S/C11H20N2O3/c1-7-6-9(7)13-11(16)12-8(2)4-3-5-10(14)15/h7-9H,3-6H2,1-2H3,(H,14,15)(H2,12,13,16). The average Bonchev–Trinajstić information content (AvgIpc) is 2.80. The van der Waals surface area contributed by atoms with Gasteiger partial charge in [-0.15, -0.1) is 0 Å². The molecule has 3 atom stereocenters. The van der Waals surface area contributed by atoms with Crippen molar-refractivity contribution in [1.29, 1.82) is 0 Å². The Hall–Kier alpha value is -1.26. The number of aliphatic carboxylic acids is 1. The molecule has 1 fully saturated rings. The molecule has 1 saturated carbocycles. The molecule has 1 rings (SSSR count). The van der Waals surface area contributed by atoms with E-state index in [1.54, 1.807) is 0 Å². The van der Waals surface area contributed by atoms with Gasteiger partial charge in [-0.1, -0.05) is 6.92 Å². The van der Waals surface area contributed by atoms with Gasteiger partial charge in [0.25, 0.3) is 0 Å². The van der Waals surface area contributed by atoms with Crippen LogP contribution in [0.4, 0.5) is 4.79 Å². The van der Waals surface area contributed by atoms with E-state index in [1.165, 1.54) is 0 Å². The third kappa shape index (κ3) is 5.00. The molecule has 1 aliphatic rings. The van der Waals surface area contributed by atoms with Gasteiger partial charge >= 0.3 is 12.0 Å². The molecule has 92 valence electrons. The van der Waals surface area contributed by atoms with Crippen molar-refractivity contribution >= 4 is 12.0 Å². The molecule has 0 aliphatic heterocycles. The van der Waals surface area contributed by atoms with E-state index in [9.17, 15) is 9.59 Å². The van der Waals surface area contributed by atoms with Crippen molar-refractivity contribution in [1.82, 2.24) is 10.6 Å². The molecule has 0 aromatic carbocycles. The number of carboxylic acid groups (broad SMARTS) is 1. The van der Waals surface area contributed by atoms with Crippen molar-refractivity contribution in [2.75, 3.05) is 0 Å². The summed E-state index contributed by atoms with van der Waals surface area (Å²) in [5.41, 5.74) is 0. The summed E-state index contributed by atoms with van der Waals surface area (Å²) in [4.78, 5) is 21.7. The van der Waals surface area contributed by atoms with Crippen LogP contribution in [0.15, 0.2) is 0 Å². The van der Waals surface area contributed by atoms with Gasteiger partial charge in [0.1, 0.15) is 0 Å². The molecular formula is C11H20N2O3. The maximum atomic E-state index is 11.4. The van der Waals surface area contributed by atoms with Crippen LogP contribution in [0.25, 0.3) is 0 Å². The first-order valence-electron chi connectivity index (χ1n) is 5.78. The van der Waals surface area contributed by atoms with Gasteiger partial charge in [-0.25, -0.2) is 4.79 Å². The Morgan fingerprint density at radius 2 is 2.12 bits per heavy atom. The molecule has 3 N–H and O–H groups in total. The minimum atomic E-state index is -0.788. The molecule has 0 aromatic heterocycles. The summed E-state index contributed by atoms with van der Waals surface area (Å²) < 4.78 is 0. The molecule has 1 aliphatic carbocycles. The minimum Gasteiger partial charge on any atom is -0.481 e. The predicted octanol–water partition coefficient (Wildman–Crippen LogP) is 1.34. The third-order valence-corrected chi connectivity index (χ3v) is 2.83. The van der Waals surface area contributed by atoms with E-state index in [2.05, 4.69) is 17.6 Å². The fourth-order valence-corrected chi connectivity index (χ4v) is 1.59. The Kier molecular flexibility index (Phi) is 4.58. The highest BCUT2D eigenvalue weighted by Gasteiger charge is 2.33. The molecule has 0 radical (unpaired) electrons. The summed E-state index contributed by atoms with van der Waals surface area (Å²) >= 11 is 0. The lowest BCUT2D eigenvalue weighted by Crippen LogP contribution is -2.42. The Morgan fingerprint density at radius 3 is 2.62 bits per heavy atom. The van der Waals surface area contributed by atoms with E-state index in [-0.39, 0.29) is 18.5 Å².